The first kappa shape index (κ1) is 17.9. The highest BCUT2D eigenvalue weighted by atomic mass is 79.9. The molecule has 1 heterocycles. The van der Waals surface area contributed by atoms with Gasteiger partial charge in [0.1, 0.15) is 5.82 Å². The zero-order valence-electron chi connectivity index (χ0n) is 11.2. The molecule has 1 N–H and O–H groups in total. The molecule has 0 bridgehead atoms. The third-order valence-electron chi connectivity index (χ3n) is 3.51. The van der Waals surface area contributed by atoms with Crippen LogP contribution < -0.4 is 0 Å². The van der Waals surface area contributed by atoms with Gasteiger partial charge in [-0.15, -0.1) is 12.4 Å². The summed E-state index contributed by atoms with van der Waals surface area (Å²) in [5.41, 5.74) is 0.496. The molecule has 1 unspecified atom stereocenters. The third kappa shape index (κ3) is 4.68. The Labute approximate surface area is 136 Å². The first-order valence-electron chi connectivity index (χ1n) is 6.42. The van der Waals surface area contributed by atoms with E-state index in [4.69, 9.17) is 5.11 Å². The van der Waals surface area contributed by atoms with Crippen molar-refractivity contribution in [3.8, 4) is 0 Å². The lowest BCUT2D eigenvalue weighted by Crippen LogP contribution is -2.30. The molecule has 1 fully saturated rings. The third-order valence-corrected chi connectivity index (χ3v) is 4.01. The van der Waals surface area contributed by atoms with Crippen molar-refractivity contribution in [1.29, 1.82) is 0 Å². The Morgan fingerprint density at radius 3 is 2.71 bits per heavy atom. The maximum Gasteiger partial charge on any atom is 0.308 e. The van der Waals surface area contributed by atoms with E-state index < -0.39 is 11.9 Å². The summed E-state index contributed by atoms with van der Waals surface area (Å²) < 4.78 is 14.3. The monoisotopic (exact) mass is 379 g/mol. The zero-order chi connectivity index (χ0) is 14.7. The Bertz CT molecular complexity index is 541. The lowest BCUT2D eigenvalue weighted by molar-refractivity contribution is -0.141. The van der Waals surface area contributed by atoms with Gasteiger partial charge in [-0.2, -0.15) is 0 Å². The number of rotatable bonds is 4. The summed E-state index contributed by atoms with van der Waals surface area (Å²) in [4.78, 5) is 24.4. The maximum absolute atomic E-state index is 13.6. The van der Waals surface area contributed by atoms with Crippen molar-refractivity contribution in [2.45, 2.75) is 19.3 Å². The summed E-state index contributed by atoms with van der Waals surface area (Å²) in [7, 11) is 0. The molecule has 1 aromatic rings. The summed E-state index contributed by atoms with van der Waals surface area (Å²) in [5, 5.41) is 8.89. The molecule has 1 atom stereocenters. The largest absolute Gasteiger partial charge is 0.481 e. The van der Waals surface area contributed by atoms with Crippen LogP contribution in [0, 0.1) is 11.7 Å². The number of halogens is 3. The summed E-state index contributed by atoms with van der Waals surface area (Å²) >= 11 is 3.18. The highest BCUT2D eigenvalue weighted by molar-refractivity contribution is 9.10. The average molecular weight is 381 g/mol. The van der Waals surface area contributed by atoms with Crippen molar-refractivity contribution >= 4 is 40.2 Å². The number of nitrogens with zero attached hydrogens (tertiary/aromatic N) is 1. The molecule has 0 radical (unpaired) electrons. The minimum atomic E-state index is -0.862. The number of hydrogen-bond donors (Lipinski definition) is 1. The molecule has 0 aromatic heterocycles. The molecular weight excluding hydrogens is 365 g/mol. The van der Waals surface area contributed by atoms with Crippen LogP contribution in [0.1, 0.15) is 18.4 Å². The lowest BCUT2D eigenvalue weighted by atomic mass is 10.1. The Morgan fingerprint density at radius 2 is 2.14 bits per heavy atom. The molecular formula is C14H16BrClFNO3. The Hall–Kier alpha value is -1.14. The highest BCUT2D eigenvalue weighted by Gasteiger charge is 2.30. The number of carboxylic acids is 1. The first-order chi connectivity index (χ1) is 9.47. The molecule has 4 nitrogen and oxygen atoms in total. The number of carbonyl (C=O) groups is 2. The smallest absolute Gasteiger partial charge is 0.308 e. The number of benzene rings is 1. The van der Waals surface area contributed by atoms with Gasteiger partial charge in [-0.3, -0.25) is 9.59 Å². The summed E-state index contributed by atoms with van der Waals surface area (Å²) in [6.07, 6.45) is 1.02. The predicted molar refractivity (Wildman–Crippen MR) is 82.0 cm³/mol. The van der Waals surface area contributed by atoms with Gasteiger partial charge in [0.05, 0.1) is 5.92 Å². The van der Waals surface area contributed by atoms with E-state index in [2.05, 4.69) is 15.9 Å². The van der Waals surface area contributed by atoms with Crippen LogP contribution in [-0.2, 0) is 16.0 Å². The molecule has 0 aliphatic carbocycles. The van der Waals surface area contributed by atoms with E-state index in [-0.39, 0.29) is 37.1 Å². The maximum atomic E-state index is 13.6. The summed E-state index contributed by atoms with van der Waals surface area (Å²) in [5.74, 6) is -1.78. The Morgan fingerprint density at radius 1 is 1.43 bits per heavy atom. The van der Waals surface area contributed by atoms with Gasteiger partial charge in [0.2, 0.25) is 5.91 Å². The van der Waals surface area contributed by atoms with E-state index in [0.29, 0.717) is 29.4 Å². The van der Waals surface area contributed by atoms with Crippen LogP contribution in [0.4, 0.5) is 4.39 Å². The molecule has 116 valence electrons. The van der Waals surface area contributed by atoms with E-state index in [1.54, 1.807) is 17.0 Å². The van der Waals surface area contributed by atoms with Crippen molar-refractivity contribution in [2.24, 2.45) is 5.92 Å². The molecule has 0 saturated carbocycles. The van der Waals surface area contributed by atoms with Crippen LogP contribution in [0.15, 0.2) is 22.7 Å². The van der Waals surface area contributed by atoms with Crippen molar-refractivity contribution in [3.63, 3.8) is 0 Å². The molecule has 21 heavy (non-hydrogen) atoms. The fraction of sp³-hybridized carbons (Fsp3) is 0.429. The fourth-order valence-corrected chi connectivity index (χ4v) is 2.65. The number of aliphatic carboxylic acids is 1. The molecule has 1 saturated heterocycles. The quantitative estimate of drug-likeness (QED) is 0.874. The van der Waals surface area contributed by atoms with Crippen LogP contribution in [0.3, 0.4) is 0 Å². The van der Waals surface area contributed by atoms with Crippen molar-refractivity contribution in [3.05, 3.63) is 34.1 Å². The van der Waals surface area contributed by atoms with E-state index in [9.17, 15) is 14.0 Å². The number of amides is 1. The lowest BCUT2D eigenvalue weighted by Gasteiger charge is -2.15. The van der Waals surface area contributed by atoms with Crippen LogP contribution in [0.2, 0.25) is 0 Å². The molecule has 7 heteroatoms. The highest BCUT2D eigenvalue weighted by Crippen LogP contribution is 2.19. The predicted octanol–water partition coefficient (Wildman–Crippen LogP) is 2.88. The van der Waals surface area contributed by atoms with Crippen LogP contribution >= 0.6 is 28.3 Å². The second-order valence-electron chi connectivity index (χ2n) is 4.90. The minimum absolute atomic E-state index is 0. The second kappa shape index (κ2) is 7.75. The molecule has 1 aliphatic rings. The van der Waals surface area contributed by atoms with Crippen molar-refractivity contribution in [1.82, 2.24) is 4.90 Å². The second-order valence-corrected chi connectivity index (χ2v) is 5.81. The SMILES string of the molecule is Cl.O=C(O)C1CCN(C(=O)CCc2ccc(Br)cc2F)C1. The van der Waals surface area contributed by atoms with Crippen LogP contribution in [0.25, 0.3) is 0 Å². The number of carboxylic acid groups (broad SMARTS) is 1. The number of hydrogen-bond acceptors (Lipinski definition) is 2. The van der Waals surface area contributed by atoms with Gasteiger partial charge in [-0.05, 0) is 30.5 Å². The van der Waals surface area contributed by atoms with Gasteiger partial charge in [-0.25, -0.2) is 4.39 Å². The van der Waals surface area contributed by atoms with Crippen molar-refractivity contribution < 1.29 is 19.1 Å². The van der Waals surface area contributed by atoms with E-state index in [1.807, 2.05) is 0 Å². The van der Waals surface area contributed by atoms with E-state index >= 15 is 0 Å². The minimum Gasteiger partial charge on any atom is -0.481 e. The van der Waals surface area contributed by atoms with Gasteiger partial charge in [0.15, 0.2) is 0 Å². The summed E-state index contributed by atoms with van der Waals surface area (Å²) in [6.45, 7) is 0.732. The van der Waals surface area contributed by atoms with Crippen molar-refractivity contribution in [2.75, 3.05) is 13.1 Å². The van der Waals surface area contributed by atoms with Gasteiger partial charge in [0, 0.05) is 24.0 Å². The van der Waals surface area contributed by atoms with Crippen LogP contribution in [-0.4, -0.2) is 35.0 Å². The first-order valence-corrected chi connectivity index (χ1v) is 7.21. The topological polar surface area (TPSA) is 57.6 Å². The summed E-state index contributed by atoms with van der Waals surface area (Å²) in [6, 6.07) is 4.76. The number of likely N-dealkylation sites (tertiary alicyclic amines) is 1. The van der Waals surface area contributed by atoms with E-state index in [1.165, 1.54) is 6.07 Å². The number of aryl methyl sites for hydroxylation is 1. The fourth-order valence-electron chi connectivity index (χ4n) is 2.31. The van der Waals surface area contributed by atoms with Crippen LogP contribution in [0.5, 0.6) is 0 Å². The Kier molecular flexibility index (Phi) is 6.61. The van der Waals surface area contributed by atoms with Gasteiger partial charge >= 0.3 is 5.97 Å². The van der Waals surface area contributed by atoms with Gasteiger partial charge in [0.25, 0.3) is 0 Å². The average Bonchev–Trinajstić information content (AvgIpc) is 2.87. The molecule has 1 amide bonds. The normalized spacial score (nSPS) is 17.4. The number of carbonyl (C=O) groups excluding carboxylic acids is 1. The molecule has 1 aromatic carbocycles. The Balaban J connectivity index is 0.00000220. The zero-order valence-corrected chi connectivity index (χ0v) is 13.6. The molecule has 1 aliphatic heterocycles. The standard InChI is InChI=1S/C14H15BrFNO3.ClH/c15-11-3-1-9(12(16)7-11)2-4-13(18)17-6-5-10(8-17)14(19)20;/h1,3,7,10H,2,4-6,8H2,(H,19,20);1H. The van der Waals surface area contributed by atoms with Gasteiger partial charge < -0.3 is 10.0 Å². The van der Waals surface area contributed by atoms with Gasteiger partial charge in [-0.1, -0.05) is 22.0 Å². The molecule has 0 spiro atoms. The molecule has 2 rings (SSSR count). The van der Waals surface area contributed by atoms with E-state index in [0.717, 1.165) is 0 Å².